The molecule has 0 aliphatic carbocycles. The van der Waals surface area contributed by atoms with Crippen molar-refractivity contribution in [3.8, 4) is 5.75 Å². The molecule has 0 radical (unpaired) electrons. The molecule has 2 amide bonds. The first-order chi connectivity index (χ1) is 13.5. The lowest BCUT2D eigenvalue weighted by Crippen LogP contribution is -2.51. The highest BCUT2D eigenvalue weighted by Crippen LogP contribution is 2.30. The van der Waals surface area contributed by atoms with Crippen LogP contribution < -0.4 is 10.1 Å². The first-order valence-electron chi connectivity index (χ1n) is 8.93. The molecule has 2 atom stereocenters. The summed E-state index contributed by atoms with van der Waals surface area (Å²) in [5, 5.41) is 2.71. The lowest BCUT2D eigenvalue weighted by Gasteiger charge is -2.36. The van der Waals surface area contributed by atoms with E-state index >= 15 is 0 Å². The fourth-order valence-electron chi connectivity index (χ4n) is 2.94. The molecule has 2 rings (SSSR count). The highest BCUT2D eigenvalue weighted by Gasteiger charge is 2.31. The maximum atomic E-state index is 12.9. The maximum absolute atomic E-state index is 12.9. The van der Waals surface area contributed by atoms with Gasteiger partial charge in [0.2, 0.25) is 0 Å². The highest BCUT2D eigenvalue weighted by molar-refractivity contribution is 7.99. The smallest absolute Gasteiger partial charge is 0.328 e. The van der Waals surface area contributed by atoms with E-state index in [1.807, 2.05) is 24.3 Å². The van der Waals surface area contributed by atoms with Crippen LogP contribution in [0.15, 0.2) is 24.3 Å². The average Bonchev–Trinajstić information content (AvgIpc) is 2.75. The molecular formula is C19H26N2O6S. The molecule has 2 unspecified atom stereocenters. The monoisotopic (exact) mass is 410 g/mol. The molecule has 0 bridgehead atoms. The summed E-state index contributed by atoms with van der Waals surface area (Å²) in [6, 6.07) is 6.19. The van der Waals surface area contributed by atoms with E-state index in [1.54, 1.807) is 23.8 Å². The number of nitrogens with one attached hydrogen (secondary N) is 1. The van der Waals surface area contributed by atoms with E-state index in [4.69, 9.17) is 9.47 Å². The van der Waals surface area contributed by atoms with Gasteiger partial charge in [-0.15, -0.1) is 0 Å². The first kappa shape index (κ1) is 21.9. The minimum Gasteiger partial charge on any atom is -0.497 e. The van der Waals surface area contributed by atoms with Crippen LogP contribution in [0.25, 0.3) is 0 Å². The van der Waals surface area contributed by atoms with Crippen molar-refractivity contribution in [1.29, 1.82) is 0 Å². The van der Waals surface area contributed by atoms with Crippen LogP contribution in [0.2, 0.25) is 0 Å². The summed E-state index contributed by atoms with van der Waals surface area (Å²) in [5.74, 6) is 1.27. The number of methoxy groups -OCH3 is 3. The predicted octanol–water partition coefficient (Wildman–Crippen LogP) is 1.99. The largest absolute Gasteiger partial charge is 0.497 e. The van der Waals surface area contributed by atoms with E-state index in [1.165, 1.54) is 14.2 Å². The van der Waals surface area contributed by atoms with E-state index in [0.29, 0.717) is 6.54 Å². The van der Waals surface area contributed by atoms with E-state index in [2.05, 4.69) is 10.1 Å². The summed E-state index contributed by atoms with van der Waals surface area (Å²) in [6.45, 7) is 0.554. The number of nitrogens with zero attached hydrogens (tertiary/aromatic N) is 1. The van der Waals surface area contributed by atoms with Crippen LogP contribution in [0.4, 0.5) is 4.79 Å². The van der Waals surface area contributed by atoms with Crippen LogP contribution >= 0.6 is 11.8 Å². The number of benzene rings is 1. The van der Waals surface area contributed by atoms with Crippen LogP contribution in [0, 0.1) is 0 Å². The van der Waals surface area contributed by atoms with E-state index < -0.39 is 18.0 Å². The van der Waals surface area contributed by atoms with E-state index in [-0.39, 0.29) is 24.9 Å². The molecule has 9 heteroatoms. The third-order valence-corrected chi connectivity index (χ3v) is 5.56. The molecule has 1 aromatic rings. The van der Waals surface area contributed by atoms with Gasteiger partial charge in [0.05, 0.1) is 27.4 Å². The van der Waals surface area contributed by atoms with Crippen LogP contribution in [0.5, 0.6) is 5.75 Å². The summed E-state index contributed by atoms with van der Waals surface area (Å²) in [5.41, 5.74) is 0.993. The standard InChI is InChI=1S/C19H26N2O6S/c1-25-14-6-4-13(5-7-14)16-12-28-11-10-21(16)19(24)20-15(18(23)27-3)8-9-17(22)26-2/h4-7,15-16H,8-12H2,1-3H3,(H,20,24). The number of rotatable bonds is 7. The van der Waals surface area contributed by atoms with Crippen molar-refractivity contribution in [2.75, 3.05) is 39.4 Å². The molecule has 0 aromatic heterocycles. The van der Waals surface area contributed by atoms with Gasteiger partial charge in [-0.3, -0.25) is 4.79 Å². The molecule has 0 saturated carbocycles. The minimum atomic E-state index is -0.914. The number of thioether (sulfide) groups is 1. The predicted molar refractivity (Wildman–Crippen MR) is 105 cm³/mol. The molecule has 28 heavy (non-hydrogen) atoms. The second-order valence-electron chi connectivity index (χ2n) is 6.20. The van der Waals surface area contributed by atoms with E-state index in [0.717, 1.165) is 22.8 Å². The van der Waals surface area contributed by atoms with Gasteiger partial charge in [-0.2, -0.15) is 11.8 Å². The van der Waals surface area contributed by atoms with Crippen molar-refractivity contribution >= 4 is 29.7 Å². The fourth-order valence-corrected chi connectivity index (χ4v) is 4.02. The van der Waals surface area contributed by atoms with Crippen molar-refractivity contribution in [1.82, 2.24) is 10.2 Å². The van der Waals surface area contributed by atoms with Crippen molar-refractivity contribution in [3.05, 3.63) is 29.8 Å². The molecule has 1 heterocycles. The van der Waals surface area contributed by atoms with Gasteiger partial charge in [0.15, 0.2) is 0 Å². The molecule has 1 aliphatic heterocycles. The van der Waals surface area contributed by atoms with Gasteiger partial charge in [-0.05, 0) is 24.1 Å². The Hall–Kier alpha value is -2.42. The lowest BCUT2D eigenvalue weighted by molar-refractivity contribution is -0.144. The van der Waals surface area contributed by atoms with Crippen LogP contribution in [0.1, 0.15) is 24.4 Å². The topological polar surface area (TPSA) is 94.2 Å². The van der Waals surface area contributed by atoms with Gasteiger partial charge in [0.1, 0.15) is 11.8 Å². The number of esters is 2. The number of carbonyl (C=O) groups is 3. The Morgan fingerprint density at radius 1 is 1.18 bits per heavy atom. The van der Waals surface area contributed by atoms with Crippen molar-refractivity contribution in [2.24, 2.45) is 0 Å². The molecule has 0 spiro atoms. The number of hydrogen-bond donors (Lipinski definition) is 1. The summed E-state index contributed by atoms with van der Waals surface area (Å²) in [7, 11) is 4.13. The highest BCUT2D eigenvalue weighted by atomic mass is 32.2. The Morgan fingerprint density at radius 2 is 1.89 bits per heavy atom. The normalized spacial score (nSPS) is 17.4. The van der Waals surface area contributed by atoms with E-state index in [9.17, 15) is 14.4 Å². The Balaban J connectivity index is 2.10. The van der Waals surface area contributed by atoms with Gasteiger partial charge in [0, 0.05) is 24.5 Å². The first-order valence-corrected chi connectivity index (χ1v) is 10.1. The average molecular weight is 410 g/mol. The minimum absolute atomic E-state index is 0.00824. The second kappa shape index (κ2) is 10.8. The zero-order valence-corrected chi connectivity index (χ0v) is 17.1. The SMILES string of the molecule is COC(=O)CCC(NC(=O)N1CCSCC1c1ccc(OC)cc1)C(=O)OC. The summed E-state index contributed by atoms with van der Waals surface area (Å²) >= 11 is 1.77. The molecular weight excluding hydrogens is 384 g/mol. The summed E-state index contributed by atoms with van der Waals surface area (Å²) in [4.78, 5) is 38.0. The van der Waals surface area contributed by atoms with Crippen molar-refractivity contribution < 1.29 is 28.6 Å². The third kappa shape index (κ3) is 5.79. The number of carbonyl (C=O) groups excluding carboxylic acids is 3. The van der Waals surface area contributed by atoms with Gasteiger partial charge in [-0.1, -0.05) is 12.1 Å². The van der Waals surface area contributed by atoms with Gasteiger partial charge < -0.3 is 24.4 Å². The lowest BCUT2D eigenvalue weighted by atomic mass is 10.1. The van der Waals surface area contributed by atoms with Crippen LogP contribution in [-0.2, 0) is 19.1 Å². The zero-order chi connectivity index (χ0) is 20.5. The van der Waals surface area contributed by atoms with Crippen molar-refractivity contribution in [3.63, 3.8) is 0 Å². The summed E-state index contributed by atoms with van der Waals surface area (Å²) < 4.78 is 14.6. The number of hydrogen-bond acceptors (Lipinski definition) is 7. The molecule has 154 valence electrons. The Kier molecular flexibility index (Phi) is 8.43. The third-order valence-electron chi connectivity index (χ3n) is 4.54. The summed E-state index contributed by atoms with van der Waals surface area (Å²) in [6.07, 6.45) is 0.120. The van der Waals surface area contributed by atoms with Crippen LogP contribution in [-0.4, -0.2) is 68.3 Å². The van der Waals surface area contributed by atoms with Gasteiger partial charge in [0.25, 0.3) is 0 Å². The Morgan fingerprint density at radius 3 is 2.50 bits per heavy atom. The van der Waals surface area contributed by atoms with Crippen molar-refractivity contribution in [2.45, 2.75) is 24.9 Å². The zero-order valence-electron chi connectivity index (χ0n) is 16.3. The molecule has 1 aliphatic rings. The number of ether oxygens (including phenoxy) is 3. The second-order valence-corrected chi connectivity index (χ2v) is 7.35. The molecule has 1 N–H and O–H groups in total. The van der Waals surface area contributed by atoms with Gasteiger partial charge in [-0.25, -0.2) is 9.59 Å². The van der Waals surface area contributed by atoms with Gasteiger partial charge >= 0.3 is 18.0 Å². The fraction of sp³-hybridized carbons (Fsp3) is 0.526. The quantitative estimate of drug-likeness (QED) is 0.687. The Labute approximate surface area is 168 Å². The molecule has 1 aromatic carbocycles. The Bertz CT molecular complexity index is 682. The van der Waals surface area contributed by atoms with Crippen LogP contribution in [0.3, 0.4) is 0 Å². The molecule has 8 nitrogen and oxygen atoms in total. The molecule has 1 saturated heterocycles. The number of amides is 2. The molecule has 1 fully saturated rings. The number of urea groups is 1. The maximum Gasteiger partial charge on any atom is 0.328 e.